The summed E-state index contributed by atoms with van der Waals surface area (Å²) in [7, 11) is 0. The summed E-state index contributed by atoms with van der Waals surface area (Å²) in [5, 5.41) is 1.17. The van der Waals surface area contributed by atoms with Crippen LogP contribution in [0.4, 0.5) is 5.82 Å². The molecule has 0 aromatic carbocycles. The number of hydrogen-bond donors (Lipinski definition) is 1. The van der Waals surface area contributed by atoms with Crippen molar-refractivity contribution in [2.45, 2.75) is 45.2 Å². The van der Waals surface area contributed by atoms with Gasteiger partial charge in [0.25, 0.3) is 0 Å². The molecule has 0 spiro atoms. The predicted molar refractivity (Wildman–Crippen MR) is 127 cm³/mol. The highest BCUT2D eigenvalue weighted by atomic mass is 15.3. The molecule has 2 fully saturated rings. The van der Waals surface area contributed by atoms with Crippen molar-refractivity contribution in [1.82, 2.24) is 24.8 Å². The summed E-state index contributed by atoms with van der Waals surface area (Å²) in [6.07, 6.45) is 7.52. The van der Waals surface area contributed by atoms with Gasteiger partial charge in [0, 0.05) is 49.8 Å². The summed E-state index contributed by atoms with van der Waals surface area (Å²) < 4.78 is 0. The number of likely N-dealkylation sites (tertiary alicyclic amines) is 1. The first-order valence-electron chi connectivity index (χ1n) is 11.8. The molecule has 0 saturated carbocycles. The molecule has 3 aromatic rings. The Morgan fingerprint density at radius 3 is 2.68 bits per heavy atom. The number of pyridine rings is 2. The van der Waals surface area contributed by atoms with Crippen molar-refractivity contribution in [3.05, 3.63) is 42.7 Å². The second kappa shape index (κ2) is 8.97. The van der Waals surface area contributed by atoms with E-state index >= 15 is 0 Å². The van der Waals surface area contributed by atoms with Crippen molar-refractivity contribution in [3.63, 3.8) is 0 Å². The number of fused-ring (bicyclic) bond motifs is 1. The monoisotopic (exact) mass is 418 g/mol. The maximum atomic E-state index is 5.02. The van der Waals surface area contributed by atoms with Gasteiger partial charge in [-0.1, -0.05) is 6.07 Å². The minimum atomic E-state index is 0.674. The Morgan fingerprint density at radius 2 is 1.87 bits per heavy atom. The molecule has 5 rings (SSSR count). The van der Waals surface area contributed by atoms with E-state index in [-0.39, 0.29) is 0 Å². The van der Waals surface area contributed by atoms with Crippen molar-refractivity contribution in [1.29, 1.82) is 0 Å². The smallest absolute Gasteiger partial charge is 0.129 e. The second-order valence-corrected chi connectivity index (χ2v) is 9.26. The summed E-state index contributed by atoms with van der Waals surface area (Å²) in [4.78, 5) is 20.5. The van der Waals surface area contributed by atoms with E-state index in [1.165, 1.54) is 44.3 Å². The molecule has 3 aromatic heterocycles. The van der Waals surface area contributed by atoms with Gasteiger partial charge < -0.3 is 14.8 Å². The maximum Gasteiger partial charge on any atom is 0.129 e. The van der Waals surface area contributed by atoms with Crippen LogP contribution in [0.2, 0.25) is 0 Å². The van der Waals surface area contributed by atoms with E-state index in [1.807, 2.05) is 18.5 Å². The van der Waals surface area contributed by atoms with Crippen LogP contribution in [-0.4, -0.2) is 76.1 Å². The molecule has 164 valence electrons. The van der Waals surface area contributed by atoms with Crippen LogP contribution in [0.5, 0.6) is 0 Å². The molecular formula is C25H34N6. The van der Waals surface area contributed by atoms with Crippen molar-refractivity contribution in [3.8, 4) is 11.4 Å². The van der Waals surface area contributed by atoms with Crippen LogP contribution in [0.25, 0.3) is 22.3 Å². The quantitative estimate of drug-likeness (QED) is 0.694. The lowest BCUT2D eigenvalue weighted by Gasteiger charge is -2.39. The van der Waals surface area contributed by atoms with E-state index in [1.54, 1.807) is 0 Å². The standard InChI is InChI=1S/C25H34N6/c1-19(2)29-13-8-21(9-14-29)30-11-4-12-31(16-15-30)25-6-3-5-22(28-25)23-17-20-7-10-26-18-24(20)27-23/h3,5-7,10,17-19,21,27H,4,8-9,11-16H2,1-2H3. The van der Waals surface area contributed by atoms with E-state index < -0.39 is 0 Å². The summed E-state index contributed by atoms with van der Waals surface area (Å²) in [6.45, 7) is 11.6. The van der Waals surface area contributed by atoms with Crippen LogP contribution in [-0.2, 0) is 0 Å². The van der Waals surface area contributed by atoms with Crippen molar-refractivity contribution in [2.75, 3.05) is 44.2 Å². The highest BCUT2D eigenvalue weighted by Crippen LogP contribution is 2.25. The Labute approximate surface area is 185 Å². The Hall–Kier alpha value is -2.44. The van der Waals surface area contributed by atoms with Gasteiger partial charge in [-0.2, -0.15) is 0 Å². The molecule has 0 bridgehead atoms. The van der Waals surface area contributed by atoms with Crippen LogP contribution in [0, 0.1) is 0 Å². The Kier molecular flexibility index (Phi) is 5.92. The van der Waals surface area contributed by atoms with E-state index in [9.17, 15) is 0 Å². The van der Waals surface area contributed by atoms with Gasteiger partial charge in [-0.3, -0.25) is 9.88 Å². The first-order chi connectivity index (χ1) is 15.2. The van der Waals surface area contributed by atoms with E-state index in [2.05, 4.69) is 62.8 Å². The number of aromatic nitrogens is 3. The van der Waals surface area contributed by atoms with Crippen LogP contribution in [0.1, 0.15) is 33.1 Å². The van der Waals surface area contributed by atoms with Crippen LogP contribution < -0.4 is 4.90 Å². The van der Waals surface area contributed by atoms with Gasteiger partial charge in [-0.25, -0.2) is 4.98 Å². The van der Waals surface area contributed by atoms with Crippen molar-refractivity contribution in [2.24, 2.45) is 0 Å². The molecule has 6 nitrogen and oxygen atoms in total. The van der Waals surface area contributed by atoms with Crippen LogP contribution >= 0.6 is 0 Å². The maximum absolute atomic E-state index is 5.02. The number of nitrogens with zero attached hydrogens (tertiary/aromatic N) is 5. The average Bonchev–Trinajstić information content (AvgIpc) is 3.09. The SMILES string of the molecule is CC(C)N1CCC(N2CCCN(c3cccc(-c4cc5ccncc5[nH]4)n3)CC2)CC1. The number of rotatable bonds is 4. The van der Waals surface area contributed by atoms with Gasteiger partial charge in [0.1, 0.15) is 5.82 Å². The number of aromatic amines is 1. The summed E-state index contributed by atoms with van der Waals surface area (Å²) in [5.74, 6) is 1.09. The molecule has 2 aliphatic rings. The summed E-state index contributed by atoms with van der Waals surface area (Å²) in [6, 6.07) is 12.0. The fraction of sp³-hybridized carbons (Fsp3) is 0.520. The summed E-state index contributed by atoms with van der Waals surface area (Å²) >= 11 is 0. The lowest BCUT2D eigenvalue weighted by atomic mass is 10.0. The van der Waals surface area contributed by atoms with Crippen LogP contribution in [0.15, 0.2) is 42.7 Å². The van der Waals surface area contributed by atoms with Crippen molar-refractivity contribution < 1.29 is 0 Å². The lowest BCUT2D eigenvalue weighted by molar-refractivity contribution is 0.0965. The molecule has 0 atom stereocenters. The molecule has 31 heavy (non-hydrogen) atoms. The molecule has 2 aliphatic heterocycles. The number of anilines is 1. The van der Waals surface area contributed by atoms with E-state index in [4.69, 9.17) is 4.98 Å². The number of nitrogens with one attached hydrogen (secondary N) is 1. The highest BCUT2D eigenvalue weighted by Gasteiger charge is 2.27. The van der Waals surface area contributed by atoms with E-state index in [0.29, 0.717) is 6.04 Å². The second-order valence-electron chi connectivity index (χ2n) is 9.26. The third-order valence-corrected chi connectivity index (χ3v) is 7.03. The lowest BCUT2D eigenvalue weighted by Crippen LogP contribution is -2.47. The molecular weight excluding hydrogens is 384 g/mol. The third kappa shape index (κ3) is 4.46. The fourth-order valence-electron chi connectivity index (χ4n) is 5.16. The van der Waals surface area contributed by atoms with E-state index in [0.717, 1.165) is 48.4 Å². The van der Waals surface area contributed by atoms with Gasteiger partial charge in [-0.15, -0.1) is 0 Å². The zero-order chi connectivity index (χ0) is 21.2. The molecule has 0 aliphatic carbocycles. The Morgan fingerprint density at radius 1 is 1.00 bits per heavy atom. The number of hydrogen-bond acceptors (Lipinski definition) is 5. The van der Waals surface area contributed by atoms with Gasteiger partial charge in [0.05, 0.1) is 23.1 Å². The summed E-state index contributed by atoms with van der Waals surface area (Å²) in [5.41, 5.74) is 3.10. The minimum Gasteiger partial charge on any atom is -0.355 e. The molecule has 0 radical (unpaired) electrons. The predicted octanol–water partition coefficient (Wildman–Crippen LogP) is 4.01. The average molecular weight is 419 g/mol. The topological polar surface area (TPSA) is 51.3 Å². The fourth-order valence-corrected chi connectivity index (χ4v) is 5.16. The molecule has 1 N–H and O–H groups in total. The largest absolute Gasteiger partial charge is 0.355 e. The zero-order valence-electron chi connectivity index (χ0n) is 18.8. The Bertz CT molecular complexity index is 971. The number of piperidine rings is 1. The molecule has 5 heterocycles. The molecule has 0 amide bonds. The highest BCUT2D eigenvalue weighted by molar-refractivity contribution is 5.84. The van der Waals surface area contributed by atoms with Crippen molar-refractivity contribution >= 4 is 16.7 Å². The first kappa shape index (κ1) is 20.5. The Balaban J connectivity index is 1.26. The number of H-pyrrole nitrogens is 1. The third-order valence-electron chi connectivity index (χ3n) is 7.03. The van der Waals surface area contributed by atoms with Crippen LogP contribution in [0.3, 0.4) is 0 Å². The molecule has 2 saturated heterocycles. The van der Waals surface area contributed by atoms with Gasteiger partial charge in [0.15, 0.2) is 0 Å². The zero-order valence-corrected chi connectivity index (χ0v) is 18.8. The molecule has 6 heteroatoms. The van der Waals surface area contributed by atoms with Gasteiger partial charge in [-0.05, 0) is 70.5 Å². The molecule has 0 unspecified atom stereocenters. The first-order valence-corrected chi connectivity index (χ1v) is 11.8. The normalized spacial score (nSPS) is 19.9. The van der Waals surface area contributed by atoms with Gasteiger partial charge in [0.2, 0.25) is 0 Å². The minimum absolute atomic E-state index is 0.674. The van der Waals surface area contributed by atoms with Gasteiger partial charge >= 0.3 is 0 Å².